The highest BCUT2D eigenvalue weighted by Crippen LogP contribution is 2.37. The summed E-state index contributed by atoms with van der Waals surface area (Å²) in [6, 6.07) is 33.4. The first kappa shape index (κ1) is 36.4. The summed E-state index contributed by atoms with van der Waals surface area (Å²) >= 11 is 7.57. The van der Waals surface area contributed by atoms with Crippen molar-refractivity contribution in [3.63, 3.8) is 0 Å². The normalized spacial score (nSPS) is 15.5. The third kappa shape index (κ3) is 8.75. The van der Waals surface area contributed by atoms with Gasteiger partial charge in [-0.15, -0.1) is 11.3 Å². The molecular formula is C40H42ClN5O3SSi. The summed E-state index contributed by atoms with van der Waals surface area (Å²) in [5.41, 5.74) is 5.34. The summed E-state index contributed by atoms with van der Waals surface area (Å²) in [4.78, 5) is 24.0. The summed E-state index contributed by atoms with van der Waals surface area (Å²) in [5.74, 6) is 0.661. The van der Waals surface area contributed by atoms with E-state index in [1.807, 2.05) is 95.9 Å². The summed E-state index contributed by atoms with van der Waals surface area (Å²) in [7, 11) is -2.11. The molecule has 0 aliphatic carbocycles. The Morgan fingerprint density at radius 2 is 1.71 bits per heavy atom. The molecule has 1 amide bonds. The number of rotatable bonds is 11. The van der Waals surface area contributed by atoms with E-state index >= 15 is 0 Å². The number of hydrogen-bond acceptors (Lipinski definition) is 8. The van der Waals surface area contributed by atoms with Crippen LogP contribution in [0.2, 0.25) is 22.5 Å². The largest absolute Gasteiger partial charge is 0.415 e. The highest BCUT2D eigenvalue weighted by Gasteiger charge is 2.40. The van der Waals surface area contributed by atoms with Gasteiger partial charge in [0.25, 0.3) is 0 Å². The lowest BCUT2D eigenvalue weighted by molar-refractivity contribution is -0.142. The Morgan fingerprint density at radius 3 is 2.31 bits per heavy atom. The van der Waals surface area contributed by atoms with Crippen molar-refractivity contribution >= 4 is 48.6 Å². The van der Waals surface area contributed by atoms with Crippen LogP contribution in [0.4, 0.5) is 5.69 Å². The van der Waals surface area contributed by atoms with Crippen LogP contribution < -0.4 is 0 Å². The molecule has 262 valence electrons. The average molecular weight is 736 g/mol. The molecule has 1 saturated heterocycles. The van der Waals surface area contributed by atoms with Gasteiger partial charge in [-0.25, -0.2) is 4.99 Å². The number of carbonyl (C=O) groups excluding carboxylic acids is 1. The lowest BCUT2D eigenvalue weighted by atomic mass is 10.0. The Labute approximate surface area is 310 Å². The van der Waals surface area contributed by atoms with Crippen molar-refractivity contribution in [3.05, 3.63) is 129 Å². The molecule has 0 spiro atoms. The monoisotopic (exact) mass is 735 g/mol. The number of aromatic nitrogens is 1. The van der Waals surface area contributed by atoms with Gasteiger partial charge >= 0.3 is 0 Å². The number of halogens is 1. The van der Waals surface area contributed by atoms with Gasteiger partial charge in [0.1, 0.15) is 6.07 Å². The molecule has 51 heavy (non-hydrogen) atoms. The highest BCUT2D eigenvalue weighted by atomic mass is 35.5. The second-order valence-corrected chi connectivity index (χ2v) is 20.9. The predicted octanol–water partition coefficient (Wildman–Crippen LogP) is 9.33. The van der Waals surface area contributed by atoms with Crippen LogP contribution in [0, 0.1) is 11.3 Å². The van der Waals surface area contributed by atoms with E-state index in [1.165, 1.54) is 11.3 Å². The second-order valence-electron chi connectivity index (χ2n) is 14.4. The van der Waals surface area contributed by atoms with Gasteiger partial charge in [0.05, 0.1) is 51.1 Å². The molecule has 0 radical (unpaired) electrons. The van der Waals surface area contributed by atoms with Crippen LogP contribution in [0.3, 0.4) is 0 Å². The van der Waals surface area contributed by atoms with E-state index in [0.29, 0.717) is 47.6 Å². The minimum Gasteiger partial charge on any atom is -0.415 e. The lowest BCUT2D eigenvalue weighted by Crippen LogP contribution is -2.58. The molecule has 8 nitrogen and oxygen atoms in total. The van der Waals surface area contributed by atoms with E-state index in [-0.39, 0.29) is 23.5 Å². The fourth-order valence-electron chi connectivity index (χ4n) is 5.79. The molecule has 11 heteroatoms. The summed E-state index contributed by atoms with van der Waals surface area (Å²) in [6.07, 6.45) is 0. The first-order chi connectivity index (χ1) is 24.4. The zero-order valence-corrected chi connectivity index (χ0v) is 32.2. The van der Waals surface area contributed by atoms with Crippen LogP contribution in [-0.2, 0) is 22.3 Å². The number of carbonyl (C=O) groups is 1. The summed E-state index contributed by atoms with van der Waals surface area (Å²) < 4.78 is 13.0. The van der Waals surface area contributed by atoms with Crippen molar-refractivity contribution in [3.8, 4) is 16.7 Å². The van der Waals surface area contributed by atoms with E-state index in [1.54, 1.807) is 6.07 Å². The van der Waals surface area contributed by atoms with E-state index in [0.717, 1.165) is 33.0 Å². The van der Waals surface area contributed by atoms with Gasteiger partial charge in [-0.1, -0.05) is 104 Å². The Bertz CT molecular complexity index is 2010. The summed E-state index contributed by atoms with van der Waals surface area (Å²) in [5, 5.41) is 14.4. The molecule has 1 fully saturated rings. The maximum absolute atomic E-state index is 14.0. The molecule has 3 heterocycles. The fraction of sp³-hybridized carbons (Fsp3) is 0.300. The van der Waals surface area contributed by atoms with Crippen molar-refractivity contribution in [2.75, 3.05) is 19.7 Å². The van der Waals surface area contributed by atoms with Crippen molar-refractivity contribution in [1.82, 2.24) is 15.0 Å². The molecule has 0 unspecified atom stereocenters. The number of hydrogen-bond donors (Lipinski definition) is 0. The van der Waals surface area contributed by atoms with Crippen LogP contribution in [0.25, 0.3) is 10.6 Å². The molecule has 0 N–H and O–H groups in total. The van der Waals surface area contributed by atoms with Gasteiger partial charge in [0.15, 0.2) is 14.1 Å². The first-order valence-electron chi connectivity index (χ1n) is 17.0. The zero-order chi connectivity index (χ0) is 36.2. The maximum atomic E-state index is 14.0. The fourth-order valence-corrected chi connectivity index (χ4v) is 7.83. The number of benzene rings is 3. The van der Waals surface area contributed by atoms with Crippen molar-refractivity contribution in [2.45, 2.75) is 58.0 Å². The number of amides is 1. The average Bonchev–Trinajstić information content (AvgIpc) is 3.76. The van der Waals surface area contributed by atoms with Crippen molar-refractivity contribution in [2.24, 2.45) is 4.99 Å². The number of thiophene rings is 1. The molecule has 0 bridgehead atoms. The van der Waals surface area contributed by atoms with Gasteiger partial charge in [0, 0.05) is 36.8 Å². The second kappa shape index (κ2) is 15.5. The molecule has 6 rings (SSSR count). The lowest BCUT2D eigenvalue weighted by Gasteiger charge is -2.43. The molecule has 2 aromatic heterocycles. The van der Waals surface area contributed by atoms with E-state index < -0.39 is 8.32 Å². The van der Waals surface area contributed by atoms with Gasteiger partial charge in [0.2, 0.25) is 5.91 Å². The Balaban J connectivity index is 1.28. The van der Waals surface area contributed by atoms with Gasteiger partial charge in [-0.05, 0) is 48.0 Å². The Morgan fingerprint density at radius 1 is 1.02 bits per heavy atom. The number of piperazine rings is 1. The number of nitrogens with zero attached hydrogens (tertiary/aromatic N) is 5. The molecule has 0 saturated carbocycles. The minimum absolute atomic E-state index is 0.00232. The van der Waals surface area contributed by atoms with Crippen molar-refractivity contribution in [1.29, 1.82) is 5.26 Å². The van der Waals surface area contributed by atoms with Gasteiger partial charge < -0.3 is 13.8 Å². The SMILES string of the molecule is CC(C)(C)[Si](C)(C)OC[C@H]1CN(Cc2cc(-c3ccc(Cl)s3)on2)CC(=O)N1Cc1ccc(C#N)c(N=C(c2ccccc2)c2ccccc2)c1. The van der Waals surface area contributed by atoms with Crippen LogP contribution in [0.15, 0.2) is 107 Å². The van der Waals surface area contributed by atoms with Crippen LogP contribution in [0.5, 0.6) is 0 Å². The van der Waals surface area contributed by atoms with E-state index in [4.69, 9.17) is 25.5 Å². The predicted molar refractivity (Wildman–Crippen MR) is 207 cm³/mol. The molecule has 5 aromatic rings. The summed E-state index contributed by atoms with van der Waals surface area (Å²) in [6.45, 7) is 13.2. The van der Waals surface area contributed by atoms with Gasteiger partial charge in [-0.2, -0.15) is 5.26 Å². The smallest absolute Gasteiger partial charge is 0.237 e. The molecule has 3 aromatic carbocycles. The van der Waals surface area contributed by atoms with E-state index in [9.17, 15) is 10.1 Å². The maximum Gasteiger partial charge on any atom is 0.237 e. The third-order valence-corrected chi connectivity index (χ3v) is 15.4. The van der Waals surface area contributed by atoms with Gasteiger partial charge in [-0.3, -0.25) is 9.69 Å². The van der Waals surface area contributed by atoms with Crippen molar-refractivity contribution < 1.29 is 13.7 Å². The molecule has 1 aliphatic heterocycles. The molecule has 1 aliphatic rings. The van der Waals surface area contributed by atoms with Crippen LogP contribution in [-0.4, -0.2) is 60.6 Å². The van der Waals surface area contributed by atoms with Crippen LogP contribution >= 0.6 is 22.9 Å². The van der Waals surface area contributed by atoms with Crippen LogP contribution in [0.1, 0.15) is 48.7 Å². The minimum atomic E-state index is -2.11. The molecule has 1 atom stereocenters. The number of nitriles is 1. The Hall–Kier alpha value is -4.37. The zero-order valence-electron chi connectivity index (χ0n) is 29.6. The Kier molecular flexibility index (Phi) is 11.1. The first-order valence-corrected chi connectivity index (χ1v) is 21.1. The van der Waals surface area contributed by atoms with E-state index in [2.05, 4.69) is 50.0 Å². The molecular weight excluding hydrogens is 694 g/mol. The number of aliphatic imine (C=N–C) groups is 1. The topological polar surface area (TPSA) is 95.0 Å². The quantitative estimate of drug-likeness (QED) is 0.0992. The standard InChI is InChI=1S/C40H42ClN5O3SSi/c1-40(2,3)51(4,5)48-27-33-25-45(24-32-21-35(49-44-32)36-18-19-37(41)50-36)26-38(47)46(33)23-28-16-17-31(22-42)34(20-28)43-39(29-12-8-6-9-13-29)30-14-10-7-11-15-30/h6-21,33H,23-27H2,1-5H3/t33-/m1/s1. The highest BCUT2D eigenvalue weighted by molar-refractivity contribution is 7.19. The third-order valence-electron chi connectivity index (χ3n) is 9.65.